The number of nitrogens with one attached hydrogen (secondary N) is 1. The maximum atomic E-state index is 14.9. The maximum absolute atomic E-state index is 14.9. The van der Waals surface area contributed by atoms with Gasteiger partial charge in [-0.15, -0.1) is 11.6 Å². The summed E-state index contributed by atoms with van der Waals surface area (Å²) in [5.41, 5.74) is 5.81. The molecule has 3 heterocycles. The molecule has 9 heteroatoms. The Kier molecular flexibility index (Phi) is 3.64. The van der Waals surface area contributed by atoms with Crippen LogP contribution in [0.25, 0.3) is 22.0 Å². The number of hydrogen-bond acceptors (Lipinski definition) is 5. The van der Waals surface area contributed by atoms with Crippen LogP contribution in [0.1, 0.15) is 18.9 Å². The van der Waals surface area contributed by atoms with E-state index in [1.807, 2.05) is 9.47 Å². The third-order valence-electron chi connectivity index (χ3n) is 5.61. The van der Waals surface area contributed by atoms with E-state index < -0.39 is 16.8 Å². The summed E-state index contributed by atoms with van der Waals surface area (Å²) >= 11 is 6.34. The Morgan fingerprint density at radius 1 is 1.30 bits per heavy atom. The van der Waals surface area contributed by atoms with Gasteiger partial charge in [-0.25, -0.2) is 4.39 Å². The molecule has 1 saturated carbocycles. The fourth-order valence-electron chi connectivity index (χ4n) is 4.03. The number of anilines is 1. The average Bonchev–Trinajstić information content (AvgIpc) is 3.30. The van der Waals surface area contributed by atoms with Crippen molar-refractivity contribution >= 4 is 39.3 Å². The summed E-state index contributed by atoms with van der Waals surface area (Å²) in [6.45, 7) is 1.48. The summed E-state index contributed by atoms with van der Waals surface area (Å²) in [5, 5.41) is 2.20. The molecule has 0 spiro atoms. The first-order chi connectivity index (χ1) is 13.0. The summed E-state index contributed by atoms with van der Waals surface area (Å²) in [6.07, 6.45) is 1.83. The van der Waals surface area contributed by atoms with Gasteiger partial charge in [0.2, 0.25) is 11.1 Å². The third-order valence-corrected chi connectivity index (χ3v) is 6.11. The van der Waals surface area contributed by atoms with Crippen LogP contribution in [-0.2, 0) is 0 Å². The molecule has 2 aliphatic rings. The number of benzene rings is 1. The highest BCUT2D eigenvalue weighted by Gasteiger charge is 2.34. The lowest BCUT2D eigenvalue weighted by atomic mass is 10.1. The lowest BCUT2D eigenvalue weighted by Crippen LogP contribution is -2.24. The lowest BCUT2D eigenvalue weighted by Gasteiger charge is -2.21. The number of H-pyrrole nitrogens is 1. The molecule has 1 saturated heterocycles. The molecule has 2 unspecified atom stereocenters. The number of nitrogens with two attached hydrogens (primary N) is 1. The van der Waals surface area contributed by atoms with Crippen LogP contribution in [0.3, 0.4) is 0 Å². The molecule has 2 fully saturated rings. The van der Waals surface area contributed by atoms with E-state index in [-0.39, 0.29) is 33.8 Å². The first-order valence-corrected chi connectivity index (χ1v) is 9.41. The summed E-state index contributed by atoms with van der Waals surface area (Å²) in [6, 6.07) is 3.01. The third kappa shape index (κ3) is 2.43. The standard InChI is InChI=1S/C18H18ClFN4O3/c19-11-7-23(6-8(11)5-21)14-4-13-10(3-12(14)20)16(25)15-17(26)22-27-18(15)24(13)9-1-2-9/h3-4,8-9,11H,1-2,5-7,21H2,(H,22,26). The number of hydrogen-bond donors (Lipinski definition) is 2. The van der Waals surface area contributed by atoms with Gasteiger partial charge in [0.25, 0.3) is 5.56 Å². The van der Waals surface area contributed by atoms with Crippen molar-refractivity contribution in [3.63, 3.8) is 0 Å². The van der Waals surface area contributed by atoms with E-state index in [1.54, 1.807) is 6.07 Å². The minimum absolute atomic E-state index is 0.0632. The molecule has 2 atom stereocenters. The SMILES string of the molecule is NCC1CN(c2cc3c(cc2F)c(=O)c2c(=O)[nH]oc2n3C2CC2)CC1Cl. The second-order valence-electron chi connectivity index (χ2n) is 7.38. The predicted octanol–water partition coefficient (Wildman–Crippen LogP) is 1.91. The van der Waals surface area contributed by atoms with Crippen molar-refractivity contribution in [2.75, 3.05) is 24.5 Å². The molecule has 142 valence electrons. The van der Waals surface area contributed by atoms with Gasteiger partial charge in [-0.1, -0.05) is 0 Å². The lowest BCUT2D eigenvalue weighted by molar-refractivity contribution is 0.428. The van der Waals surface area contributed by atoms with Crippen LogP contribution in [0.4, 0.5) is 10.1 Å². The Morgan fingerprint density at radius 2 is 2.07 bits per heavy atom. The monoisotopic (exact) mass is 392 g/mol. The van der Waals surface area contributed by atoms with Crippen molar-refractivity contribution < 1.29 is 8.91 Å². The second-order valence-corrected chi connectivity index (χ2v) is 7.94. The molecular formula is C18H18ClFN4O3. The van der Waals surface area contributed by atoms with Gasteiger partial charge in [0.15, 0.2) is 5.39 Å². The van der Waals surface area contributed by atoms with Crippen LogP contribution in [0, 0.1) is 11.7 Å². The maximum Gasteiger partial charge on any atom is 0.293 e. The molecule has 2 aromatic heterocycles. The number of aromatic amines is 1. The molecule has 7 nitrogen and oxygen atoms in total. The van der Waals surface area contributed by atoms with Crippen molar-refractivity contribution in [1.29, 1.82) is 0 Å². The van der Waals surface area contributed by atoms with E-state index in [9.17, 15) is 14.0 Å². The fourth-order valence-corrected chi connectivity index (χ4v) is 4.38. The van der Waals surface area contributed by atoms with E-state index in [4.69, 9.17) is 21.9 Å². The molecule has 1 aliphatic carbocycles. The first-order valence-electron chi connectivity index (χ1n) is 8.97. The number of aromatic nitrogens is 2. The number of pyridine rings is 1. The molecule has 3 N–H and O–H groups in total. The molecular weight excluding hydrogens is 375 g/mol. The van der Waals surface area contributed by atoms with Gasteiger partial charge in [0.05, 0.1) is 16.6 Å². The molecule has 1 aliphatic heterocycles. The van der Waals surface area contributed by atoms with Gasteiger partial charge in [-0.3, -0.25) is 9.59 Å². The molecule has 5 rings (SSSR count). The Morgan fingerprint density at radius 3 is 2.74 bits per heavy atom. The normalized spacial score (nSPS) is 23.0. The summed E-state index contributed by atoms with van der Waals surface area (Å²) < 4.78 is 22.0. The molecule has 1 aromatic carbocycles. The highest BCUT2D eigenvalue weighted by Crippen LogP contribution is 2.40. The van der Waals surface area contributed by atoms with Crippen LogP contribution in [0.2, 0.25) is 0 Å². The number of fused-ring (bicyclic) bond motifs is 2. The molecule has 3 aromatic rings. The summed E-state index contributed by atoms with van der Waals surface area (Å²) in [5.74, 6) is -0.430. The zero-order chi connectivity index (χ0) is 18.9. The van der Waals surface area contributed by atoms with Crippen LogP contribution in [0.5, 0.6) is 0 Å². The second kappa shape index (κ2) is 5.84. The quantitative estimate of drug-likeness (QED) is 0.664. The molecule has 0 amide bonds. The van der Waals surface area contributed by atoms with Gasteiger partial charge in [-0.2, -0.15) is 5.16 Å². The average molecular weight is 393 g/mol. The van der Waals surface area contributed by atoms with Crippen molar-refractivity contribution in [2.45, 2.75) is 24.3 Å². The number of halogens is 2. The van der Waals surface area contributed by atoms with Crippen LogP contribution >= 0.6 is 11.6 Å². The van der Waals surface area contributed by atoms with Crippen molar-refractivity contribution in [3.8, 4) is 0 Å². The number of alkyl halides is 1. The van der Waals surface area contributed by atoms with Crippen molar-refractivity contribution in [1.82, 2.24) is 9.72 Å². The van der Waals surface area contributed by atoms with Gasteiger partial charge in [0.1, 0.15) is 5.82 Å². The van der Waals surface area contributed by atoms with E-state index in [2.05, 4.69) is 5.16 Å². The molecule has 0 bridgehead atoms. The highest BCUT2D eigenvalue weighted by atomic mass is 35.5. The Balaban J connectivity index is 1.78. The minimum atomic E-state index is -0.592. The summed E-state index contributed by atoms with van der Waals surface area (Å²) in [7, 11) is 0. The van der Waals surface area contributed by atoms with E-state index >= 15 is 0 Å². The zero-order valence-electron chi connectivity index (χ0n) is 14.4. The van der Waals surface area contributed by atoms with Gasteiger partial charge in [0, 0.05) is 30.4 Å². The largest absolute Gasteiger partial charge is 0.367 e. The van der Waals surface area contributed by atoms with Gasteiger partial charge < -0.3 is 19.7 Å². The van der Waals surface area contributed by atoms with Gasteiger partial charge in [-0.05, 0) is 31.5 Å². The minimum Gasteiger partial charge on any atom is -0.367 e. The summed E-state index contributed by atoms with van der Waals surface area (Å²) in [4.78, 5) is 26.7. The van der Waals surface area contributed by atoms with Crippen LogP contribution in [0.15, 0.2) is 26.2 Å². The topological polar surface area (TPSA) is 97.3 Å². The van der Waals surface area contributed by atoms with Crippen molar-refractivity contribution in [3.05, 3.63) is 38.5 Å². The Hall–Kier alpha value is -2.32. The predicted molar refractivity (Wildman–Crippen MR) is 101 cm³/mol. The van der Waals surface area contributed by atoms with Crippen LogP contribution < -0.4 is 21.6 Å². The Bertz CT molecular complexity index is 1180. The first kappa shape index (κ1) is 16.8. The van der Waals surface area contributed by atoms with E-state index in [1.165, 1.54) is 6.07 Å². The van der Waals surface area contributed by atoms with Crippen LogP contribution in [-0.4, -0.2) is 34.7 Å². The smallest absolute Gasteiger partial charge is 0.293 e. The molecule has 27 heavy (non-hydrogen) atoms. The number of rotatable bonds is 3. The Labute approximate surface area is 157 Å². The fraction of sp³-hybridized carbons (Fsp3) is 0.444. The zero-order valence-corrected chi connectivity index (χ0v) is 15.1. The highest BCUT2D eigenvalue weighted by molar-refractivity contribution is 6.21. The molecule has 0 radical (unpaired) electrons. The van der Waals surface area contributed by atoms with Crippen molar-refractivity contribution in [2.24, 2.45) is 11.7 Å². The number of nitrogens with zero attached hydrogens (tertiary/aromatic N) is 2. The van der Waals surface area contributed by atoms with E-state index in [0.717, 1.165) is 12.8 Å². The van der Waals surface area contributed by atoms with Gasteiger partial charge >= 0.3 is 0 Å². The van der Waals surface area contributed by atoms with E-state index in [0.29, 0.717) is 30.8 Å².